The summed E-state index contributed by atoms with van der Waals surface area (Å²) in [6.07, 6.45) is 2.68. The van der Waals surface area contributed by atoms with Gasteiger partial charge in [0, 0.05) is 27.2 Å². The van der Waals surface area contributed by atoms with E-state index in [0.29, 0.717) is 0 Å². The zero-order valence-electron chi connectivity index (χ0n) is 13.5. The van der Waals surface area contributed by atoms with Crippen LogP contribution in [-0.4, -0.2) is 38.0 Å². The monoisotopic (exact) mass is 288 g/mol. The molecule has 1 aromatic carbocycles. The SMILES string of the molecule is CN=C(NC)NCc1ccc(CN2CCC(C)CC2)cc1. The largest absolute Gasteiger partial charge is 0.359 e. The van der Waals surface area contributed by atoms with Crippen molar-refractivity contribution in [2.75, 3.05) is 27.2 Å². The molecule has 1 saturated heterocycles. The number of rotatable bonds is 4. The number of hydrogen-bond donors (Lipinski definition) is 2. The van der Waals surface area contributed by atoms with E-state index in [-0.39, 0.29) is 0 Å². The van der Waals surface area contributed by atoms with E-state index >= 15 is 0 Å². The maximum absolute atomic E-state index is 4.11. The molecule has 0 aromatic heterocycles. The minimum atomic E-state index is 0.801. The second kappa shape index (κ2) is 8.03. The summed E-state index contributed by atoms with van der Waals surface area (Å²) in [4.78, 5) is 6.68. The van der Waals surface area contributed by atoms with Crippen molar-refractivity contribution < 1.29 is 0 Å². The van der Waals surface area contributed by atoms with E-state index < -0.39 is 0 Å². The fraction of sp³-hybridized carbons (Fsp3) is 0.588. The van der Waals surface area contributed by atoms with Gasteiger partial charge in [-0.2, -0.15) is 0 Å². The number of aliphatic imine (C=N–C) groups is 1. The molecule has 0 spiro atoms. The quantitative estimate of drug-likeness (QED) is 0.659. The number of benzene rings is 1. The first-order chi connectivity index (χ1) is 10.2. The number of guanidine groups is 1. The van der Waals surface area contributed by atoms with Gasteiger partial charge in [0.05, 0.1) is 0 Å². The molecule has 0 radical (unpaired) electrons. The number of hydrogen-bond acceptors (Lipinski definition) is 2. The van der Waals surface area contributed by atoms with E-state index in [1.54, 1.807) is 7.05 Å². The third kappa shape index (κ3) is 5.05. The number of piperidine rings is 1. The normalized spacial score (nSPS) is 17.8. The number of nitrogens with one attached hydrogen (secondary N) is 2. The molecule has 0 atom stereocenters. The highest BCUT2D eigenvalue weighted by Crippen LogP contribution is 2.18. The Hall–Kier alpha value is -1.55. The maximum atomic E-state index is 4.11. The van der Waals surface area contributed by atoms with Crippen LogP contribution in [0.5, 0.6) is 0 Å². The predicted molar refractivity (Wildman–Crippen MR) is 89.4 cm³/mol. The van der Waals surface area contributed by atoms with Crippen molar-refractivity contribution in [3.8, 4) is 0 Å². The third-order valence-corrected chi connectivity index (χ3v) is 4.23. The van der Waals surface area contributed by atoms with Crippen LogP contribution in [0, 0.1) is 5.92 Å². The van der Waals surface area contributed by atoms with E-state index in [4.69, 9.17) is 0 Å². The molecule has 116 valence electrons. The Bertz CT molecular complexity index is 444. The summed E-state index contributed by atoms with van der Waals surface area (Å²) < 4.78 is 0. The average molecular weight is 288 g/mol. The Morgan fingerprint density at radius 1 is 1.19 bits per heavy atom. The van der Waals surface area contributed by atoms with Crippen LogP contribution in [0.3, 0.4) is 0 Å². The number of likely N-dealkylation sites (tertiary alicyclic amines) is 1. The first-order valence-electron chi connectivity index (χ1n) is 7.90. The van der Waals surface area contributed by atoms with Crippen molar-refractivity contribution in [1.29, 1.82) is 0 Å². The van der Waals surface area contributed by atoms with Crippen molar-refractivity contribution in [3.05, 3.63) is 35.4 Å². The lowest BCUT2D eigenvalue weighted by Gasteiger charge is -2.30. The highest BCUT2D eigenvalue weighted by molar-refractivity contribution is 5.79. The molecule has 0 aliphatic carbocycles. The van der Waals surface area contributed by atoms with Crippen LogP contribution in [0.15, 0.2) is 29.3 Å². The molecule has 0 unspecified atom stereocenters. The maximum Gasteiger partial charge on any atom is 0.190 e. The molecule has 4 heteroatoms. The van der Waals surface area contributed by atoms with Crippen LogP contribution < -0.4 is 10.6 Å². The van der Waals surface area contributed by atoms with Crippen LogP contribution >= 0.6 is 0 Å². The molecular weight excluding hydrogens is 260 g/mol. The Morgan fingerprint density at radius 2 is 1.81 bits per heavy atom. The standard InChI is InChI=1S/C17H28N4/c1-14-8-10-21(11-9-14)13-16-6-4-15(5-7-16)12-20-17(18-2)19-3/h4-7,14H,8-13H2,1-3H3,(H2,18,19,20). The average Bonchev–Trinajstić information content (AvgIpc) is 2.52. The van der Waals surface area contributed by atoms with Gasteiger partial charge >= 0.3 is 0 Å². The zero-order chi connectivity index (χ0) is 15.1. The van der Waals surface area contributed by atoms with Gasteiger partial charge in [-0.3, -0.25) is 9.89 Å². The van der Waals surface area contributed by atoms with Crippen molar-refractivity contribution in [1.82, 2.24) is 15.5 Å². The van der Waals surface area contributed by atoms with Gasteiger partial charge in [-0.25, -0.2) is 0 Å². The predicted octanol–water partition coefficient (Wildman–Crippen LogP) is 2.21. The van der Waals surface area contributed by atoms with E-state index in [9.17, 15) is 0 Å². The van der Waals surface area contributed by atoms with Crippen molar-refractivity contribution in [3.63, 3.8) is 0 Å². The first kappa shape index (κ1) is 15.8. The summed E-state index contributed by atoms with van der Waals surface area (Å²) in [5, 5.41) is 6.29. The van der Waals surface area contributed by atoms with Gasteiger partial charge in [-0.15, -0.1) is 0 Å². The summed E-state index contributed by atoms with van der Waals surface area (Å²) in [6, 6.07) is 8.91. The lowest BCUT2D eigenvalue weighted by atomic mass is 9.99. The van der Waals surface area contributed by atoms with E-state index in [2.05, 4.69) is 51.7 Å². The molecule has 0 amide bonds. The number of nitrogens with zero attached hydrogens (tertiary/aromatic N) is 2. The molecule has 1 heterocycles. The van der Waals surface area contributed by atoms with Gasteiger partial charge in [0.25, 0.3) is 0 Å². The summed E-state index contributed by atoms with van der Waals surface area (Å²) in [6.45, 7) is 6.72. The molecule has 4 nitrogen and oxygen atoms in total. The molecule has 2 rings (SSSR count). The Balaban J connectivity index is 1.81. The molecule has 1 aliphatic rings. The van der Waals surface area contributed by atoms with Crippen molar-refractivity contribution >= 4 is 5.96 Å². The zero-order valence-corrected chi connectivity index (χ0v) is 13.5. The highest BCUT2D eigenvalue weighted by Gasteiger charge is 2.15. The van der Waals surface area contributed by atoms with E-state index in [1.807, 2.05) is 7.05 Å². The molecule has 1 aliphatic heterocycles. The Kier molecular flexibility index (Phi) is 6.05. The Labute approximate surface area is 128 Å². The molecule has 0 bridgehead atoms. The van der Waals surface area contributed by atoms with Crippen LogP contribution in [-0.2, 0) is 13.1 Å². The first-order valence-corrected chi connectivity index (χ1v) is 7.90. The molecule has 1 fully saturated rings. The Morgan fingerprint density at radius 3 is 2.38 bits per heavy atom. The second-order valence-corrected chi connectivity index (χ2v) is 5.95. The van der Waals surface area contributed by atoms with Crippen LogP contribution in [0.25, 0.3) is 0 Å². The molecule has 0 saturated carbocycles. The molecule has 21 heavy (non-hydrogen) atoms. The smallest absolute Gasteiger partial charge is 0.190 e. The fourth-order valence-corrected chi connectivity index (χ4v) is 2.71. The van der Waals surface area contributed by atoms with E-state index in [1.165, 1.54) is 37.1 Å². The van der Waals surface area contributed by atoms with Gasteiger partial charge in [-0.05, 0) is 43.0 Å². The van der Waals surface area contributed by atoms with Crippen LogP contribution in [0.4, 0.5) is 0 Å². The summed E-state index contributed by atoms with van der Waals surface area (Å²) >= 11 is 0. The second-order valence-electron chi connectivity index (χ2n) is 5.95. The molecule has 1 aromatic rings. The summed E-state index contributed by atoms with van der Waals surface area (Å²) in [7, 11) is 3.65. The lowest BCUT2D eigenvalue weighted by Crippen LogP contribution is -2.34. The summed E-state index contributed by atoms with van der Waals surface area (Å²) in [5.74, 6) is 1.72. The topological polar surface area (TPSA) is 39.7 Å². The van der Waals surface area contributed by atoms with Crippen molar-refractivity contribution in [2.45, 2.75) is 32.9 Å². The molecular formula is C17H28N4. The van der Waals surface area contributed by atoms with Gasteiger partial charge in [-0.1, -0.05) is 31.2 Å². The lowest BCUT2D eigenvalue weighted by molar-refractivity contribution is 0.185. The van der Waals surface area contributed by atoms with Crippen molar-refractivity contribution in [2.24, 2.45) is 10.9 Å². The highest BCUT2D eigenvalue weighted by atomic mass is 15.1. The van der Waals surface area contributed by atoms with Gasteiger partial charge in [0.2, 0.25) is 0 Å². The minimum Gasteiger partial charge on any atom is -0.359 e. The minimum absolute atomic E-state index is 0.801. The molecule has 2 N–H and O–H groups in total. The van der Waals surface area contributed by atoms with Crippen LogP contribution in [0.1, 0.15) is 30.9 Å². The van der Waals surface area contributed by atoms with Gasteiger partial charge in [0.1, 0.15) is 0 Å². The van der Waals surface area contributed by atoms with Gasteiger partial charge in [0.15, 0.2) is 5.96 Å². The van der Waals surface area contributed by atoms with Gasteiger partial charge < -0.3 is 10.6 Å². The third-order valence-electron chi connectivity index (χ3n) is 4.23. The van der Waals surface area contributed by atoms with E-state index in [0.717, 1.165) is 25.0 Å². The summed E-state index contributed by atoms with van der Waals surface area (Å²) in [5.41, 5.74) is 2.69. The van der Waals surface area contributed by atoms with Crippen LogP contribution in [0.2, 0.25) is 0 Å². The fourth-order valence-electron chi connectivity index (χ4n) is 2.71.